The normalized spacial score (nSPS) is 12.7. The zero-order chi connectivity index (χ0) is 11.5. The van der Waals surface area contributed by atoms with Crippen LogP contribution in [0.15, 0.2) is 35.0 Å². The number of pyridine rings is 1. The molecule has 2 aromatic rings. The molecule has 0 aromatic carbocycles. The topological polar surface area (TPSA) is 46.3 Å². The Morgan fingerprint density at radius 1 is 1.38 bits per heavy atom. The third-order valence-corrected chi connectivity index (χ3v) is 2.50. The average Bonchev–Trinajstić information content (AvgIpc) is 2.77. The van der Waals surface area contributed by atoms with E-state index in [2.05, 4.69) is 4.98 Å². The fourth-order valence-corrected chi connectivity index (χ4v) is 1.58. The molecular formula is C13H15NO2. The summed E-state index contributed by atoms with van der Waals surface area (Å²) in [6.07, 6.45) is 3.69. The van der Waals surface area contributed by atoms with E-state index in [4.69, 9.17) is 4.42 Å². The number of aromatic nitrogens is 1. The third-order valence-electron chi connectivity index (χ3n) is 2.50. The number of hydrogen-bond donors (Lipinski definition) is 1. The maximum atomic E-state index is 9.63. The van der Waals surface area contributed by atoms with Gasteiger partial charge in [0.2, 0.25) is 0 Å². The number of aliphatic hydroxyl groups is 1. The Morgan fingerprint density at radius 3 is 2.88 bits per heavy atom. The molecule has 0 saturated heterocycles. The number of aliphatic hydroxyl groups excluding tert-OH is 1. The summed E-state index contributed by atoms with van der Waals surface area (Å²) in [4.78, 5) is 4.11. The summed E-state index contributed by atoms with van der Waals surface area (Å²) in [6.45, 7) is 3.91. The summed E-state index contributed by atoms with van der Waals surface area (Å²) < 4.78 is 5.59. The molecule has 2 heterocycles. The fraction of sp³-hybridized carbons (Fsp3) is 0.308. The van der Waals surface area contributed by atoms with Crippen molar-refractivity contribution in [1.82, 2.24) is 4.98 Å². The molecule has 2 aromatic heterocycles. The third kappa shape index (κ3) is 2.14. The standard InChI is InChI=1S/C13H15NO2/c1-3-11(15)13-5-4-12(16-13)10-6-9(2)7-14-8-10/h4-8,11,15H,3H2,1-2H3. The van der Waals surface area contributed by atoms with Crippen LogP contribution in [-0.4, -0.2) is 10.1 Å². The van der Waals surface area contributed by atoms with Crippen LogP contribution >= 0.6 is 0 Å². The van der Waals surface area contributed by atoms with Crippen LogP contribution in [0.2, 0.25) is 0 Å². The van der Waals surface area contributed by atoms with Gasteiger partial charge in [0.1, 0.15) is 17.6 Å². The highest BCUT2D eigenvalue weighted by Crippen LogP contribution is 2.26. The van der Waals surface area contributed by atoms with Crippen molar-refractivity contribution in [3.05, 3.63) is 41.9 Å². The molecular weight excluding hydrogens is 202 g/mol. The van der Waals surface area contributed by atoms with Crippen LogP contribution in [0.1, 0.15) is 30.8 Å². The predicted octanol–water partition coefficient (Wildman–Crippen LogP) is 3.09. The lowest BCUT2D eigenvalue weighted by atomic mass is 10.2. The molecule has 2 rings (SSSR count). The second kappa shape index (κ2) is 4.49. The summed E-state index contributed by atoms with van der Waals surface area (Å²) in [7, 11) is 0. The lowest BCUT2D eigenvalue weighted by Crippen LogP contribution is -1.91. The summed E-state index contributed by atoms with van der Waals surface area (Å²) in [5.41, 5.74) is 2.03. The van der Waals surface area contributed by atoms with Crippen molar-refractivity contribution in [2.45, 2.75) is 26.4 Å². The Labute approximate surface area is 94.8 Å². The van der Waals surface area contributed by atoms with E-state index in [0.717, 1.165) is 16.9 Å². The minimum atomic E-state index is -0.522. The summed E-state index contributed by atoms with van der Waals surface area (Å²) in [5, 5.41) is 9.63. The van der Waals surface area contributed by atoms with Gasteiger partial charge in [-0.15, -0.1) is 0 Å². The van der Waals surface area contributed by atoms with E-state index in [1.54, 1.807) is 12.4 Å². The highest BCUT2D eigenvalue weighted by molar-refractivity contribution is 5.57. The first kappa shape index (κ1) is 10.9. The summed E-state index contributed by atoms with van der Waals surface area (Å²) in [6, 6.07) is 5.68. The van der Waals surface area contributed by atoms with Gasteiger partial charge in [-0.25, -0.2) is 0 Å². The van der Waals surface area contributed by atoms with Crippen LogP contribution < -0.4 is 0 Å². The van der Waals surface area contributed by atoms with Gasteiger partial charge in [0.15, 0.2) is 0 Å². The van der Waals surface area contributed by atoms with Gasteiger partial charge < -0.3 is 9.52 Å². The maximum absolute atomic E-state index is 9.63. The number of nitrogens with zero attached hydrogens (tertiary/aromatic N) is 1. The molecule has 3 nitrogen and oxygen atoms in total. The SMILES string of the molecule is CCC(O)c1ccc(-c2cncc(C)c2)o1. The van der Waals surface area contributed by atoms with Crippen LogP contribution in [0.4, 0.5) is 0 Å². The van der Waals surface area contributed by atoms with Crippen molar-refractivity contribution < 1.29 is 9.52 Å². The van der Waals surface area contributed by atoms with Crippen molar-refractivity contribution in [1.29, 1.82) is 0 Å². The molecule has 0 spiro atoms. The molecule has 16 heavy (non-hydrogen) atoms. The average molecular weight is 217 g/mol. The Kier molecular flexibility index (Phi) is 3.06. The molecule has 0 aliphatic carbocycles. The Morgan fingerprint density at radius 2 is 2.19 bits per heavy atom. The van der Waals surface area contributed by atoms with E-state index in [1.165, 1.54) is 0 Å². The Bertz CT molecular complexity index is 476. The highest BCUT2D eigenvalue weighted by atomic mass is 16.4. The number of hydrogen-bond acceptors (Lipinski definition) is 3. The van der Waals surface area contributed by atoms with Crippen LogP contribution in [0.3, 0.4) is 0 Å². The summed E-state index contributed by atoms with van der Waals surface area (Å²) >= 11 is 0. The molecule has 0 radical (unpaired) electrons. The quantitative estimate of drug-likeness (QED) is 0.859. The van der Waals surface area contributed by atoms with Gasteiger partial charge in [-0.1, -0.05) is 6.92 Å². The van der Waals surface area contributed by atoms with Crippen LogP contribution in [0, 0.1) is 6.92 Å². The molecule has 84 valence electrons. The minimum Gasteiger partial charge on any atom is -0.458 e. The minimum absolute atomic E-state index is 0.522. The first-order chi connectivity index (χ1) is 7.70. The lowest BCUT2D eigenvalue weighted by molar-refractivity contribution is 0.147. The van der Waals surface area contributed by atoms with E-state index in [1.807, 2.05) is 32.0 Å². The van der Waals surface area contributed by atoms with Crippen molar-refractivity contribution >= 4 is 0 Å². The molecule has 0 bridgehead atoms. The molecule has 1 N–H and O–H groups in total. The molecule has 0 fully saturated rings. The second-order valence-corrected chi connectivity index (χ2v) is 3.88. The molecule has 1 unspecified atom stereocenters. The molecule has 0 amide bonds. The van der Waals surface area contributed by atoms with Crippen LogP contribution in [0.25, 0.3) is 11.3 Å². The summed E-state index contributed by atoms with van der Waals surface area (Å²) in [5.74, 6) is 1.36. The number of aryl methyl sites for hydroxylation is 1. The van der Waals surface area contributed by atoms with Crippen molar-refractivity contribution in [2.75, 3.05) is 0 Å². The van der Waals surface area contributed by atoms with Crippen molar-refractivity contribution in [3.8, 4) is 11.3 Å². The number of furan rings is 1. The molecule has 0 aliphatic rings. The molecule has 1 atom stereocenters. The van der Waals surface area contributed by atoms with Crippen molar-refractivity contribution in [3.63, 3.8) is 0 Å². The molecule has 3 heteroatoms. The van der Waals surface area contributed by atoms with Gasteiger partial charge in [0, 0.05) is 18.0 Å². The van der Waals surface area contributed by atoms with E-state index in [0.29, 0.717) is 12.2 Å². The van der Waals surface area contributed by atoms with E-state index >= 15 is 0 Å². The van der Waals surface area contributed by atoms with Gasteiger partial charge >= 0.3 is 0 Å². The first-order valence-electron chi connectivity index (χ1n) is 5.40. The molecule has 0 saturated carbocycles. The van der Waals surface area contributed by atoms with Gasteiger partial charge in [-0.05, 0) is 37.1 Å². The monoisotopic (exact) mass is 217 g/mol. The largest absolute Gasteiger partial charge is 0.458 e. The van der Waals surface area contributed by atoms with Crippen molar-refractivity contribution in [2.24, 2.45) is 0 Å². The van der Waals surface area contributed by atoms with Gasteiger partial charge in [0.05, 0.1) is 0 Å². The zero-order valence-electron chi connectivity index (χ0n) is 9.47. The first-order valence-corrected chi connectivity index (χ1v) is 5.40. The second-order valence-electron chi connectivity index (χ2n) is 3.88. The lowest BCUT2D eigenvalue weighted by Gasteiger charge is -2.03. The van der Waals surface area contributed by atoms with Gasteiger partial charge in [-0.2, -0.15) is 0 Å². The van der Waals surface area contributed by atoms with Gasteiger partial charge in [-0.3, -0.25) is 4.98 Å². The predicted molar refractivity (Wildman–Crippen MR) is 61.9 cm³/mol. The van der Waals surface area contributed by atoms with Gasteiger partial charge in [0.25, 0.3) is 0 Å². The maximum Gasteiger partial charge on any atom is 0.135 e. The van der Waals surface area contributed by atoms with E-state index < -0.39 is 6.10 Å². The fourth-order valence-electron chi connectivity index (χ4n) is 1.58. The van der Waals surface area contributed by atoms with E-state index in [-0.39, 0.29) is 0 Å². The zero-order valence-corrected chi connectivity index (χ0v) is 9.47. The van der Waals surface area contributed by atoms with Crippen LogP contribution in [-0.2, 0) is 0 Å². The van der Waals surface area contributed by atoms with E-state index in [9.17, 15) is 5.11 Å². The molecule has 0 aliphatic heterocycles. The Hall–Kier alpha value is -1.61. The number of rotatable bonds is 3. The highest BCUT2D eigenvalue weighted by Gasteiger charge is 2.11. The Balaban J connectivity index is 2.31. The smallest absolute Gasteiger partial charge is 0.135 e. The van der Waals surface area contributed by atoms with Crippen LogP contribution in [0.5, 0.6) is 0 Å².